The maximum atomic E-state index is 8.92. The first-order chi connectivity index (χ1) is 9.29. The minimum Gasteiger partial charge on any atom is -0.492 e. The van der Waals surface area contributed by atoms with Gasteiger partial charge >= 0.3 is 0 Å². The second-order valence-electron chi connectivity index (χ2n) is 5.36. The number of nitrogens with zero attached hydrogens (tertiary/aromatic N) is 1. The van der Waals surface area contributed by atoms with Crippen molar-refractivity contribution in [2.75, 3.05) is 26.3 Å². The van der Waals surface area contributed by atoms with Crippen LogP contribution in [0.5, 0.6) is 5.75 Å². The Hall–Kier alpha value is -1.06. The van der Waals surface area contributed by atoms with Gasteiger partial charge in [-0.3, -0.25) is 4.90 Å². The summed E-state index contributed by atoms with van der Waals surface area (Å²) in [6.45, 7) is 5.31. The van der Waals surface area contributed by atoms with E-state index in [1.165, 1.54) is 24.9 Å². The molecular formula is C16H25NO2. The zero-order chi connectivity index (χ0) is 13.5. The van der Waals surface area contributed by atoms with Crippen LogP contribution in [0.3, 0.4) is 0 Å². The summed E-state index contributed by atoms with van der Waals surface area (Å²) in [5.41, 5.74) is 1.26. The highest BCUT2D eigenvalue weighted by Crippen LogP contribution is 2.21. The molecule has 0 aromatic heterocycles. The van der Waals surface area contributed by atoms with Crippen molar-refractivity contribution in [3.63, 3.8) is 0 Å². The molecule has 1 unspecified atom stereocenters. The Balaban J connectivity index is 1.71. The van der Waals surface area contributed by atoms with Gasteiger partial charge in [0.15, 0.2) is 0 Å². The molecule has 0 saturated carbocycles. The number of ether oxygens (including phenoxy) is 1. The first-order valence-corrected chi connectivity index (χ1v) is 7.34. The molecule has 1 saturated heterocycles. The van der Waals surface area contributed by atoms with Gasteiger partial charge in [0.1, 0.15) is 12.4 Å². The van der Waals surface area contributed by atoms with Crippen LogP contribution in [0.25, 0.3) is 0 Å². The summed E-state index contributed by atoms with van der Waals surface area (Å²) in [5, 5.41) is 8.92. The van der Waals surface area contributed by atoms with Gasteiger partial charge in [0.25, 0.3) is 0 Å². The smallest absolute Gasteiger partial charge is 0.119 e. The Labute approximate surface area is 116 Å². The Kier molecular flexibility index (Phi) is 5.67. The van der Waals surface area contributed by atoms with Crippen molar-refractivity contribution in [3.8, 4) is 5.75 Å². The molecule has 1 aliphatic rings. The molecule has 0 spiro atoms. The number of aliphatic hydroxyl groups is 1. The molecule has 19 heavy (non-hydrogen) atoms. The molecule has 106 valence electrons. The number of rotatable bonds is 7. The highest BCUT2D eigenvalue weighted by molar-refractivity contribution is 5.26. The summed E-state index contributed by atoms with van der Waals surface area (Å²) < 4.78 is 5.78. The van der Waals surface area contributed by atoms with Crippen molar-refractivity contribution in [1.29, 1.82) is 0 Å². The summed E-state index contributed by atoms with van der Waals surface area (Å²) in [4.78, 5) is 2.50. The molecular weight excluding hydrogens is 238 g/mol. The maximum Gasteiger partial charge on any atom is 0.119 e. The zero-order valence-corrected chi connectivity index (χ0v) is 11.8. The predicted octanol–water partition coefficient (Wildman–Crippen LogP) is 2.61. The monoisotopic (exact) mass is 263 g/mol. The van der Waals surface area contributed by atoms with Crippen molar-refractivity contribution >= 4 is 0 Å². The van der Waals surface area contributed by atoms with Gasteiger partial charge in [0.05, 0.1) is 0 Å². The normalized spacial score (nSPS) is 19.8. The molecule has 1 fully saturated rings. The number of hydrogen-bond acceptors (Lipinski definition) is 3. The van der Waals surface area contributed by atoms with Crippen molar-refractivity contribution < 1.29 is 9.84 Å². The van der Waals surface area contributed by atoms with E-state index in [1.54, 1.807) is 0 Å². The van der Waals surface area contributed by atoms with Gasteiger partial charge in [-0.15, -0.1) is 0 Å². The Morgan fingerprint density at radius 2 is 2.11 bits per heavy atom. The lowest BCUT2D eigenvalue weighted by Crippen LogP contribution is -2.33. The molecule has 3 nitrogen and oxygen atoms in total. The minimum atomic E-state index is 0.310. The largest absolute Gasteiger partial charge is 0.492 e. The summed E-state index contributed by atoms with van der Waals surface area (Å²) in [7, 11) is 0. The van der Waals surface area contributed by atoms with Crippen molar-refractivity contribution in [2.24, 2.45) is 0 Å². The summed E-state index contributed by atoms with van der Waals surface area (Å²) in [6, 6.07) is 8.86. The van der Waals surface area contributed by atoms with Crippen LogP contribution in [0.4, 0.5) is 0 Å². The fourth-order valence-corrected chi connectivity index (χ4v) is 2.76. The molecule has 0 bridgehead atoms. The Bertz CT molecular complexity index is 364. The van der Waals surface area contributed by atoms with E-state index in [4.69, 9.17) is 9.84 Å². The maximum absolute atomic E-state index is 8.92. The van der Waals surface area contributed by atoms with Gasteiger partial charge in [-0.1, -0.05) is 17.7 Å². The summed E-state index contributed by atoms with van der Waals surface area (Å²) in [6.07, 6.45) is 4.58. The van der Waals surface area contributed by atoms with E-state index in [2.05, 4.69) is 24.0 Å². The third kappa shape index (κ3) is 4.51. The van der Waals surface area contributed by atoms with Crippen LogP contribution in [0.1, 0.15) is 31.2 Å². The van der Waals surface area contributed by atoms with E-state index in [0.29, 0.717) is 12.6 Å². The molecule has 1 N–H and O–H groups in total. The van der Waals surface area contributed by atoms with E-state index in [0.717, 1.165) is 31.7 Å². The van der Waals surface area contributed by atoms with Crippen LogP contribution >= 0.6 is 0 Å². The molecule has 1 aliphatic heterocycles. The highest BCUT2D eigenvalue weighted by Gasteiger charge is 2.23. The third-order valence-electron chi connectivity index (χ3n) is 3.86. The van der Waals surface area contributed by atoms with Crippen molar-refractivity contribution in [1.82, 2.24) is 4.90 Å². The Morgan fingerprint density at radius 1 is 1.32 bits per heavy atom. The highest BCUT2D eigenvalue weighted by atomic mass is 16.5. The lowest BCUT2D eigenvalue weighted by molar-refractivity contribution is 0.180. The van der Waals surface area contributed by atoms with E-state index in [1.807, 2.05) is 12.1 Å². The van der Waals surface area contributed by atoms with Crippen LogP contribution in [-0.4, -0.2) is 42.4 Å². The van der Waals surface area contributed by atoms with Gasteiger partial charge in [-0.05, 0) is 51.3 Å². The molecule has 1 atom stereocenters. The molecule has 1 aromatic rings. The minimum absolute atomic E-state index is 0.310. The standard InChI is InChI=1S/C16H25NO2/c1-14-6-8-16(9-7-14)19-13-11-17-10-2-4-15(17)5-3-12-18/h6-9,15,18H,2-5,10-13H2,1H3. The van der Waals surface area contributed by atoms with Crippen molar-refractivity contribution in [2.45, 2.75) is 38.6 Å². The number of likely N-dealkylation sites (tertiary alicyclic amines) is 1. The lowest BCUT2D eigenvalue weighted by atomic mass is 10.1. The number of benzene rings is 1. The molecule has 0 amide bonds. The first kappa shape index (κ1) is 14.4. The zero-order valence-electron chi connectivity index (χ0n) is 11.8. The number of hydrogen-bond donors (Lipinski definition) is 1. The second kappa shape index (κ2) is 7.51. The average molecular weight is 263 g/mol. The van der Waals surface area contributed by atoms with E-state index < -0.39 is 0 Å². The molecule has 2 rings (SSSR count). The fraction of sp³-hybridized carbons (Fsp3) is 0.625. The second-order valence-corrected chi connectivity index (χ2v) is 5.36. The van der Waals surface area contributed by atoms with E-state index in [9.17, 15) is 0 Å². The molecule has 1 heterocycles. The average Bonchev–Trinajstić information content (AvgIpc) is 2.86. The molecule has 0 radical (unpaired) electrons. The fourth-order valence-electron chi connectivity index (χ4n) is 2.76. The Morgan fingerprint density at radius 3 is 2.84 bits per heavy atom. The molecule has 3 heteroatoms. The van der Waals surface area contributed by atoms with Crippen LogP contribution < -0.4 is 4.74 Å². The van der Waals surface area contributed by atoms with E-state index in [-0.39, 0.29) is 0 Å². The topological polar surface area (TPSA) is 32.7 Å². The summed E-state index contributed by atoms with van der Waals surface area (Å²) >= 11 is 0. The SMILES string of the molecule is Cc1ccc(OCCN2CCCC2CCCO)cc1. The van der Waals surface area contributed by atoms with Crippen LogP contribution in [-0.2, 0) is 0 Å². The molecule has 1 aromatic carbocycles. The number of aliphatic hydroxyl groups excluding tert-OH is 1. The van der Waals surface area contributed by atoms with Crippen molar-refractivity contribution in [3.05, 3.63) is 29.8 Å². The summed E-state index contributed by atoms with van der Waals surface area (Å²) in [5.74, 6) is 0.955. The lowest BCUT2D eigenvalue weighted by Gasteiger charge is -2.24. The van der Waals surface area contributed by atoms with Gasteiger partial charge in [-0.25, -0.2) is 0 Å². The van der Waals surface area contributed by atoms with Gasteiger partial charge < -0.3 is 9.84 Å². The number of aryl methyl sites for hydroxylation is 1. The predicted molar refractivity (Wildman–Crippen MR) is 77.6 cm³/mol. The van der Waals surface area contributed by atoms with Crippen LogP contribution in [0.15, 0.2) is 24.3 Å². The van der Waals surface area contributed by atoms with Gasteiger partial charge in [0.2, 0.25) is 0 Å². The van der Waals surface area contributed by atoms with Gasteiger partial charge in [0, 0.05) is 19.2 Å². The quantitative estimate of drug-likeness (QED) is 0.821. The van der Waals surface area contributed by atoms with Gasteiger partial charge in [-0.2, -0.15) is 0 Å². The molecule has 0 aliphatic carbocycles. The van der Waals surface area contributed by atoms with E-state index >= 15 is 0 Å². The van der Waals surface area contributed by atoms with Crippen LogP contribution in [0, 0.1) is 6.92 Å². The first-order valence-electron chi connectivity index (χ1n) is 7.34. The third-order valence-corrected chi connectivity index (χ3v) is 3.86. The van der Waals surface area contributed by atoms with Crippen LogP contribution in [0.2, 0.25) is 0 Å².